The fourth-order valence-corrected chi connectivity index (χ4v) is 1.50. The number of benzene rings is 1. The van der Waals surface area contributed by atoms with E-state index in [1.807, 2.05) is 24.3 Å². The number of nitrogens with zero attached hydrogens (tertiary/aromatic N) is 3. The highest BCUT2D eigenvalue weighted by Gasteiger charge is 2.06. The molecule has 0 aliphatic rings. The lowest BCUT2D eigenvalue weighted by molar-refractivity contribution is 0.703. The molecule has 1 aromatic heterocycles. The summed E-state index contributed by atoms with van der Waals surface area (Å²) >= 11 is 6.04. The fourth-order valence-electron chi connectivity index (χ4n) is 1.28. The van der Waals surface area contributed by atoms with E-state index in [-0.39, 0.29) is 0 Å². The number of hydrogen-bond donors (Lipinski definition) is 0. The minimum atomic E-state index is 0.641. The summed E-state index contributed by atoms with van der Waals surface area (Å²) in [5, 5.41) is 4.94. The largest absolute Gasteiger partial charge is 0.249 e. The zero-order valence-electron chi connectivity index (χ0n) is 8.10. The predicted molar refractivity (Wildman–Crippen MR) is 60.7 cm³/mol. The van der Waals surface area contributed by atoms with Gasteiger partial charge in [-0.15, -0.1) is 6.58 Å². The van der Waals surface area contributed by atoms with Gasteiger partial charge in [-0.05, 0) is 12.1 Å². The molecule has 76 valence electrons. The van der Waals surface area contributed by atoms with Gasteiger partial charge in [-0.25, -0.2) is 9.67 Å². The average molecular weight is 220 g/mol. The summed E-state index contributed by atoms with van der Waals surface area (Å²) < 4.78 is 1.71. The summed E-state index contributed by atoms with van der Waals surface area (Å²) in [5.41, 5.74) is 0.849. The fraction of sp³-hybridized carbons (Fsp3) is 0.0909. The Hall–Kier alpha value is -1.61. The molecule has 0 atom stereocenters. The zero-order chi connectivity index (χ0) is 10.7. The van der Waals surface area contributed by atoms with Gasteiger partial charge in [0.1, 0.15) is 6.33 Å². The maximum atomic E-state index is 6.04. The summed E-state index contributed by atoms with van der Waals surface area (Å²) in [6.45, 7) is 4.29. The molecule has 0 N–H and O–H groups in total. The molecular formula is C11H10ClN3. The maximum Gasteiger partial charge on any atom is 0.182 e. The summed E-state index contributed by atoms with van der Waals surface area (Å²) in [6.07, 6.45) is 3.44. The Morgan fingerprint density at radius 3 is 2.93 bits per heavy atom. The molecular weight excluding hydrogens is 210 g/mol. The molecule has 1 aromatic carbocycles. The molecule has 15 heavy (non-hydrogen) atoms. The molecule has 3 nitrogen and oxygen atoms in total. The number of aromatic nitrogens is 3. The van der Waals surface area contributed by atoms with Crippen LogP contribution in [0.1, 0.15) is 0 Å². The van der Waals surface area contributed by atoms with Crippen LogP contribution in [0.4, 0.5) is 0 Å². The Labute approximate surface area is 93.0 Å². The third-order valence-electron chi connectivity index (χ3n) is 1.97. The Morgan fingerprint density at radius 1 is 1.40 bits per heavy atom. The molecule has 0 bridgehead atoms. The van der Waals surface area contributed by atoms with Gasteiger partial charge in [-0.2, -0.15) is 5.10 Å². The van der Waals surface area contributed by atoms with Crippen molar-refractivity contribution in [3.63, 3.8) is 0 Å². The zero-order valence-corrected chi connectivity index (χ0v) is 8.85. The molecule has 0 saturated carbocycles. The van der Waals surface area contributed by atoms with Crippen molar-refractivity contribution >= 4 is 11.6 Å². The highest BCUT2D eigenvalue weighted by Crippen LogP contribution is 2.23. The van der Waals surface area contributed by atoms with Gasteiger partial charge in [0.05, 0.1) is 11.6 Å². The molecule has 2 rings (SSSR count). The third kappa shape index (κ3) is 2.07. The molecule has 1 heterocycles. The lowest BCUT2D eigenvalue weighted by Crippen LogP contribution is -1.95. The molecule has 0 radical (unpaired) electrons. The van der Waals surface area contributed by atoms with E-state index in [9.17, 15) is 0 Å². The highest BCUT2D eigenvalue weighted by atomic mass is 35.5. The Kier molecular flexibility index (Phi) is 2.83. The third-order valence-corrected chi connectivity index (χ3v) is 2.30. The van der Waals surface area contributed by atoms with Gasteiger partial charge >= 0.3 is 0 Å². The molecule has 0 saturated heterocycles. The van der Waals surface area contributed by atoms with Gasteiger partial charge in [-0.1, -0.05) is 29.8 Å². The Morgan fingerprint density at radius 2 is 2.20 bits per heavy atom. The van der Waals surface area contributed by atoms with Crippen molar-refractivity contribution in [3.05, 3.63) is 48.3 Å². The van der Waals surface area contributed by atoms with Crippen molar-refractivity contribution in [2.45, 2.75) is 6.54 Å². The first-order chi connectivity index (χ1) is 7.31. The van der Waals surface area contributed by atoms with E-state index in [1.54, 1.807) is 17.1 Å². The molecule has 0 amide bonds. The topological polar surface area (TPSA) is 30.7 Å². The van der Waals surface area contributed by atoms with Crippen LogP contribution in [0.15, 0.2) is 43.2 Å². The van der Waals surface area contributed by atoms with Gasteiger partial charge in [0.2, 0.25) is 0 Å². The van der Waals surface area contributed by atoms with Gasteiger partial charge < -0.3 is 0 Å². The second-order valence-corrected chi connectivity index (χ2v) is 3.47. The number of halogens is 1. The lowest BCUT2D eigenvalue weighted by atomic mass is 10.2. The van der Waals surface area contributed by atoms with Crippen LogP contribution in [0.2, 0.25) is 5.02 Å². The van der Waals surface area contributed by atoms with E-state index in [1.165, 1.54) is 0 Å². The van der Waals surface area contributed by atoms with Gasteiger partial charge in [0.25, 0.3) is 0 Å². The quantitative estimate of drug-likeness (QED) is 0.744. The molecule has 0 unspecified atom stereocenters. The van der Waals surface area contributed by atoms with E-state index in [0.29, 0.717) is 17.4 Å². The average Bonchev–Trinajstić information content (AvgIpc) is 2.68. The molecule has 0 aliphatic carbocycles. The molecule has 0 aliphatic heterocycles. The first-order valence-corrected chi connectivity index (χ1v) is 4.94. The second kappa shape index (κ2) is 4.28. The van der Waals surface area contributed by atoms with E-state index >= 15 is 0 Å². The van der Waals surface area contributed by atoms with Crippen molar-refractivity contribution in [1.29, 1.82) is 0 Å². The van der Waals surface area contributed by atoms with E-state index in [2.05, 4.69) is 16.7 Å². The predicted octanol–water partition coefficient (Wildman–Crippen LogP) is 2.78. The van der Waals surface area contributed by atoms with Gasteiger partial charge in [-0.3, -0.25) is 0 Å². The van der Waals surface area contributed by atoms with Gasteiger partial charge in [0, 0.05) is 5.56 Å². The normalized spacial score (nSPS) is 10.2. The Balaban J connectivity index is 2.37. The second-order valence-electron chi connectivity index (χ2n) is 3.06. The molecule has 0 spiro atoms. The van der Waals surface area contributed by atoms with Crippen LogP contribution in [-0.4, -0.2) is 14.8 Å². The first kappa shape index (κ1) is 9.93. The minimum absolute atomic E-state index is 0.641. The van der Waals surface area contributed by atoms with Gasteiger partial charge in [0.15, 0.2) is 5.82 Å². The molecule has 0 fully saturated rings. The van der Waals surface area contributed by atoms with Crippen LogP contribution < -0.4 is 0 Å². The van der Waals surface area contributed by atoms with E-state index in [4.69, 9.17) is 11.6 Å². The summed E-state index contributed by atoms with van der Waals surface area (Å²) in [6, 6.07) is 7.52. The SMILES string of the molecule is C=CCn1cnc(-c2ccccc2Cl)n1. The smallest absolute Gasteiger partial charge is 0.182 e. The van der Waals surface area contributed by atoms with Crippen LogP contribution >= 0.6 is 11.6 Å². The standard InChI is InChI=1S/C11H10ClN3/c1-2-7-15-8-13-11(14-15)9-5-3-4-6-10(9)12/h2-6,8H,1,7H2. The van der Waals surface area contributed by atoms with Crippen LogP contribution in [0, 0.1) is 0 Å². The monoisotopic (exact) mass is 219 g/mol. The van der Waals surface area contributed by atoms with Crippen LogP contribution in [-0.2, 0) is 6.54 Å². The van der Waals surface area contributed by atoms with Crippen molar-refractivity contribution in [2.75, 3.05) is 0 Å². The lowest BCUT2D eigenvalue weighted by Gasteiger charge is -1.97. The van der Waals surface area contributed by atoms with Crippen LogP contribution in [0.3, 0.4) is 0 Å². The highest BCUT2D eigenvalue weighted by molar-refractivity contribution is 6.33. The van der Waals surface area contributed by atoms with E-state index in [0.717, 1.165) is 5.56 Å². The van der Waals surface area contributed by atoms with Crippen LogP contribution in [0.25, 0.3) is 11.4 Å². The van der Waals surface area contributed by atoms with Crippen molar-refractivity contribution < 1.29 is 0 Å². The maximum absolute atomic E-state index is 6.04. The minimum Gasteiger partial charge on any atom is -0.249 e. The van der Waals surface area contributed by atoms with Crippen molar-refractivity contribution in [1.82, 2.24) is 14.8 Å². The number of rotatable bonds is 3. The first-order valence-electron chi connectivity index (χ1n) is 4.56. The van der Waals surface area contributed by atoms with E-state index < -0.39 is 0 Å². The summed E-state index contributed by atoms with van der Waals surface area (Å²) in [7, 11) is 0. The number of hydrogen-bond acceptors (Lipinski definition) is 2. The summed E-state index contributed by atoms with van der Waals surface area (Å²) in [4.78, 5) is 4.19. The molecule has 2 aromatic rings. The molecule has 4 heteroatoms. The summed E-state index contributed by atoms with van der Waals surface area (Å²) in [5.74, 6) is 0.641. The number of allylic oxidation sites excluding steroid dienone is 1. The van der Waals surface area contributed by atoms with Crippen molar-refractivity contribution in [3.8, 4) is 11.4 Å². The Bertz CT molecular complexity index is 476. The van der Waals surface area contributed by atoms with Crippen LogP contribution in [0.5, 0.6) is 0 Å². The van der Waals surface area contributed by atoms with Crippen molar-refractivity contribution in [2.24, 2.45) is 0 Å².